The van der Waals surface area contributed by atoms with E-state index in [1.807, 2.05) is 0 Å². The maximum Gasteiger partial charge on any atom is 0.501 e. The molecule has 16 heteroatoms. The number of imide groups is 1. The normalized spacial score (nSPS) is 16.2. The number of rotatable bonds is 2. The molecule has 0 atom stereocenters. The Morgan fingerprint density at radius 1 is 0.769 bits per heavy atom. The number of halogens is 7. The summed E-state index contributed by atoms with van der Waals surface area (Å²) in [6, 6.07) is -0.173. The fourth-order valence-electron chi connectivity index (χ4n) is 1.97. The summed E-state index contributed by atoms with van der Waals surface area (Å²) >= 11 is 0. The van der Waals surface area contributed by atoms with Crippen molar-refractivity contribution < 1.29 is 57.2 Å². The predicted octanol–water partition coefficient (Wildman–Crippen LogP) is 1.75. The number of benzene rings is 1. The largest absolute Gasteiger partial charge is 0.501 e. The first-order valence-electron chi connectivity index (χ1n) is 5.80. The first kappa shape index (κ1) is 20.1. The molecule has 1 aliphatic heterocycles. The van der Waals surface area contributed by atoms with E-state index in [1.54, 1.807) is 0 Å². The number of sulfone groups is 2. The third kappa shape index (κ3) is 2.54. The molecule has 144 valence electrons. The summed E-state index contributed by atoms with van der Waals surface area (Å²) in [6.45, 7) is 0. The van der Waals surface area contributed by atoms with Crippen LogP contribution in [0.2, 0.25) is 0 Å². The molecular formula is C10H2F7NO6S2. The first-order chi connectivity index (χ1) is 11.5. The molecule has 0 aromatic heterocycles. The molecule has 0 saturated carbocycles. The highest BCUT2D eigenvalue weighted by molar-refractivity contribution is 7.95. The third-order valence-corrected chi connectivity index (χ3v) is 6.32. The van der Waals surface area contributed by atoms with E-state index in [-0.39, 0.29) is 12.1 Å². The van der Waals surface area contributed by atoms with Crippen molar-refractivity contribution in [2.45, 2.75) is 20.8 Å². The second kappa shape index (κ2) is 5.38. The summed E-state index contributed by atoms with van der Waals surface area (Å²) in [5.41, 5.74) is -15.9. The topological polar surface area (TPSA) is 106 Å². The van der Waals surface area contributed by atoms with Crippen molar-refractivity contribution in [3.8, 4) is 0 Å². The molecule has 2 amide bonds. The maximum absolute atomic E-state index is 13.3. The summed E-state index contributed by atoms with van der Waals surface area (Å²) < 4.78 is 136. The van der Waals surface area contributed by atoms with Crippen molar-refractivity contribution in [3.63, 3.8) is 0 Å². The zero-order valence-electron chi connectivity index (χ0n) is 11.5. The Hall–Kier alpha value is -2.23. The van der Waals surface area contributed by atoms with Gasteiger partial charge in [-0.25, -0.2) is 16.8 Å². The lowest BCUT2D eigenvalue weighted by atomic mass is 10.1. The van der Waals surface area contributed by atoms with Crippen LogP contribution in [0.5, 0.6) is 0 Å². The summed E-state index contributed by atoms with van der Waals surface area (Å²) in [5.74, 6) is -4.33. The quantitative estimate of drug-likeness (QED) is 0.403. The highest BCUT2D eigenvalue weighted by Crippen LogP contribution is 2.43. The van der Waals surface area contributed by atoms with Crippen molar-refractivity contribution in [1.29, 1.82) is 0 Å². The molecule has 0 aliphatic carbocycles. The van der Waals surface area contributed by atoms with Gasteiger partial charge >= 0.3 is 11.0 Å². The van der Waals surface area contributed by atoms with E-state index in [0.717, 1.165) is 0 Å². The molecule has 7 nitrogen and oxygen atoms in total. The number of carbonyl (C=O) groups excluding carboxylic acids is 2. The maximum atomic E-state index is 13.3. The van der Waals surface area contributed by atoms with Crippen LogP contribution in [0, 0.1) is 0 Å². The molecule has 1 aliphatic rings. The molecule has 0 spiro atoms. The molecule has 0 bridgehead atoms. The summed E-state index contributed by atoms with van der Waals surface area (Å²) in [5, 5.41) is -1.36. The number of amides is 2. The zero-order chi connectivity index (χ0) is 20.5. The molecule has 1 heterocycles. The van der Waals surface area contributed by atoms with Crippen molar-refractivity contribution in [1.82, 2.24) is 5.12 Å². The van der Waals surface area contributed by atoms with Crippen LogP contribution >= 0.6 is 0 Å². The lowest BCUT2D eigenvalue weighted by Gasteiger charge is -2.16. The van der Waals surface area contributed by atoms with Gasteiger partial charge in [0.1, 0.15) is 4.90 Å². The minimum absolute atomic E-state index is 0.100. The Labute approximate surface area is 138 Å². The van der Waals surface area contributed by atoms with E-state index < -0.39 is 68.5 Å². The van der Waals surface area contributed by atoms with Crippen LogP contribution in [-0.4, -0.2) is 44.8 Å². The van der Waals surface area contributed by atoms with E-state index in [0.29, 0.717) is 0 Å². The fourth-order valence-corrected chi connectivity index (χ4v) is 4.50. The fraction of sp³-hybridized carbons (Fsp3) is 0.200. The van der Waals surface area contributed by atoms with Crippen LogP contribution in [0.1, 0.15) is 20.7 Å². The molecular weight excluding hydrogens is 427 g/mol. The van der Waals surface area contributed by atoms with Gasteiger partial charge in [0, 0.05) is 0 Å². The van der Waals surface area contributed by atoms with Gasteiger partial charge in [-0.3, -0.25) is 9.59 Å². The van der Waals surface area contributed by atoms with Crippen molar-refractivity contribution >= 4 is 31.5 Å². The molecule has 0 radical (unpaired) electrons. The number of hydrogen-bond acceptors (Lipinski definition) is 6. The summed E-state index contributed by atoms with van der Waals surface area (Å²) in [6.07, 6.45) is 0. The van der Waals surface area contributed by atoms with Gasteiger partial charge in [0.05, 0.1) is 16.0 Å². The minimum Gasteiger partial charge on any atom is -0.266 e. The molecule has 1 aromatic carbocycles. The Morgan fingerprint density at radius 3 is 1.65 bits per heavy atom. The molecule has 1 aromatic rings. The van der Waals surface area contributed by atoms with Crippen LogP contribution < -0.4 is 0 Å². The van der Waals surface area contributed by atoms with E-state index in [1.165, 1.54) is 0 Å². The zero-order valence-corrected chi connectivity index (χ0v) is 13.1. The van der Waals surface area contributed by atoms with Crippen LogP contribution in [0.3, 0.4) is 0 Å². The lowest BCUT2D eigenvalue weighted by Crippen LogP contribution is -2.31. The van der Waals surface area contributed by atoms with E-state index in [9.17, 15) is 57.2 Å². The molecule has 0 unspecified atom stereocenters. The summed E-state index contributed by atoms with van der Waals surface area (Å²) in [4.78, 5) is 17.8. The van der Waals surface area contributed by atoms with Gasteiger partial charge in [0.25, 0.3) is 31.5 Å². The molecule has 0 fully saturated rings. The average molecular weight is 429 g/mol. The van der Waals surface area contributed by atoms with Gasteiger partial charge in [-0.05, 0) is 12.1 Å². The van der Waals surface area contributed by atoms with Crippen molar-refractivity contribution in [2.24, 2.45) is 0 Å². The molecule has 2 rings (SSSR count). The van der Waals surface area contributed by atoms with Gasteiger partial charge in [-0.2, -0.15) is 26.3 Å². The highest BCUT2D eigenvalue weighted by Gasteiger charge is 2.57. The Bertz CT molecular complexity index is 1040. The lowest BCUT2D eigenvalue weighted by molar-refractivity contribution is -0.0456. The van der Waals surface area contributed by atoms with Crippen LogP contribution in [0.15, 0.2) is 21.9 Å². The SMILES string of the molecule is O=C1c2ccc(S(=O)(=O)C(F)(F)F)c(S(=O)(=O)C(F)(F)F)c2C(=O)N1F. The monoisotopic (exact) mass is 429 g/mol. The van der Waals surface area contributed by atoms with E-state index in [2.05, 4.69) is 0 Å². The number of alkyl halides is 6. The minimum atomic E-state index is -6.90. The second-order valence-electron chi connectivity index (χ2n) is 4.60. The predicted molar refractivity (Wildman–Crippen MR) is 64.5 cm³/mol. The Balaban J connectivity index is 3.10. The number of nitrogens with zero attached hydrogens (tertiary/aromatic N) is 1. The first-order valence-corrected chi connectivity index (χ1v) is 8.77. The number of hydrogen-bond donors (Lipinski definition) is 0. The molecule has 26 heavy (non-hydrogen) atoms. The number of carbonyl (C=O) groups is 2. The standard InChI is InChI=1S/C10H2F7NO6S2/c11-9(12,13)25(21,22)4-2-1-3-5(8(20)18(17)7(3)19)6(4)26(23,24)10(14,15)16/h1-2H. The second-order valence-corrected chi connectivity index (χ2v) is 8.39. The van der Waals surface area contributed by atoms with Gasteiger partial charge in [-0.1, -0.05) is 4.48 Å². The highest BCUT2D eigenvalue weighted by atomic mass is 32.2. The van der Waals surface area contributed by atoms with Gasteiger partial charge in [-0.15, -0.1) is 5.12 Å². The van der Waals surface area contributed by atoms with Crippen LogP contribution in [-0.2, 0) is 19.7 Å². The van der Waals surface area contributed by atoms with E-state index in [4.69, 9.17) is 0 Å². The van der Waals surface area contributed by atoms with Gasteiger partial charge in [0.2, 0.25) is 0 Å². The van der Waals surface area contributed by atoms with Crippen molar-refractivity contribution in [2.75, 3.05) is 0 Å². The Kier molecular flexibility index (Phi) is 4.16. The number of fused-ring (bicyclic) bond motifs is 1. The summed E-state index contributed by atoms with van der Waals surface area (Å²) in [7, 11) is -13.6. The van der Waals surface area contributed by atoms with Crippen LogP contribution in [0.25, 0.3) is 0 Å². The van der Waals surface area contributed by atoms with Gasteiger partial charge in [0.15, 0.2) is 0 Å². The average Bonchev–Trinajstić information content (AvgIpc) is 2.69. The van der Waals surface area contributed by atoms with Crippen LogP contribution in [0.4, 0.5) is 30.8 Å². The molecule has 0 N–H and O–H groups in total. The third-order valence-electron chi connectivity index (χ3n) is 3.09. The molecule has 0 saturated heterocycles. The Morgan fingerprint density at radius 2 is 1.23 bits per heavy atom. The van der Waals surface area contributed by atoms with E-state index >= 15 is 0 Å². The van der Waals surface area contributed by atoms with Gasteiger partial charge < -0.3 is 0 Å². The van der Waals surface area contributed by atoms with Crippen molar-refractivity contribution in [3.05, 3.63) is 23.3 Å². The smallest absolute Gasteiger partial charge is 0.266 e.